The number of ketones is 1. The van der Waals surface area contributed by atoms with E-state index in [2.05, 4.69) is 4.90 Å². The lowest BCUT2D eigenvalue weighted by Crippen LogP contribution is -2.30. The van der Waals surface area contributed by atoms with Crippen molar-refractivity contribution in [3.8, 4) is 0 Å². The summed E-state index contributed by atoms with van der Waals surface area (Å²) in [5.74, 6) is -2.49. The molecule has 5 nitrogen and oxygen atoms in total. The van der Waals surface area contributed by atoms with Crippen molar-refractivity contribution in [3.63, 3.8) is 0 Å². The van der Waals surface area contributed by atoms with Gasteiger partial charge in [0, 0.05) is 35.6 Å². The SMILES string of the molecule is CCc1ccc(/C(O)=C2\C(=O)C(=O)N(c3ccc(N4CCCC4)cc3)C2c2ccccc2F)cc1. The number of amides is 1. The molecule has 0 spiro atoms. The molecule has 2 aliphatic heterocycles. The number of rotatable bonds is 5. The standard InChI is InChI=1S/C29H27FN2O3/c1-2-19-9-11-20(12-10-19)27(33)25-26(23-7-3-4-8-24(23)30)32(29(35)28(25)34)22-15-13-21(14-16-22)31-17-5-6-18-31/h3-4,7-16,26,33H,2,5-6,17-18H2,1H3/b27-25+. The highest BCUT2D eigenvalue weighted by molar-refractivity contribution is 6.51. The number of halogens is 1. The monoisotopic (exact) mass is 470 g/mol. The molecule has 2 aliphatic rings. The van der Waals surface area contributed by atoms with E-state index in [1.165, 1.54) is 11.0 Å². The Kier molecular flexibility index (Phi) is 6.12. The largest absolute Gasteiger partial charge is 0.507 e. The van der Waals surface area contributed by atoms with E-state index in [1.54, 1.807) is 42.5 Å². The molecule has 5 rings (SSSR count). The van der Waals surface area contributed by atoms with Crippen LogP contribution in [0.15, 0.2) is 78.4 Å². The van der Waals surface area contributed by atoms with Gasteiger partial charge in [0.05, 0.1) is 11.6 Å². The van der Waals surface area contributed by atoms with Crippen LogP contribution in [0.2, 0.25) is 0 Å². The summed E-state index contributed by atoms with van der Waals surface area (Å²) in [6.45, 7) is 3.99. The molecule has 0 bridgehead atoms. The average Bonchev–Trinajstić information content (AvgIpc) is 3.51. The van der Waals surface area contributed by atoms with Crippen LogP contribution in [-0.4, -0.2) is 29.9 Å². The molecule has 0 radical (unpaired) electrons. The zero-order valence-electron chi connectivity index (χ0n) is 19.6. The Bertz CT molecular complexity index is 1290. The number of hydrogen-bond donors (Lipinski definition) is 1. The summed E-state index contributed by atoms with van der Waals surface area (Å²) < 4.78 is 15.0. The summed E-state index contributed by atoms with van der Waals surface area (Å²) in [6.07, 6.45) is 3.11. The molecule has 35 heavy (non-hydrogen) atoms. The maximum atomic E-state index is 15.0. The second kappa shape index (κ2) is 9.37. The number of Topliss-reactive ketones (excluding diaryl/α,β-unsaturated/α-hetero) is 1. The van der Waals surface area contributed by atoms with Gasteiger partial charge in [0.2, 0.25) is 0 Å². The van der Waals surface area contributed by atoms with Crippen LogP contribution in [0.4, 0.5) is 15.8 Å². The minimum Gasteiger partial charge on any atom is -0.507 e. The van der Waals surface area contributed by atoms with Crippen molar-refractivity contribution >= 4 is 28.8 Å². The highest BCUT2D eigenvalue weighted by Crippen LogP contribution is 2.43. The van der Waals surface area contributed by atoms with Crippen LogP contribution >= 0.6 is 0 Å². The molecule has 1 amide bonds. The van der Waals surface area contributed by atoms with E-state index in [0.29, 0.717) is 11.3 Å². The van der Waals surface area contributed by atoms with Gasteiger partial charge in [-0.2, -0.15) is 0 Å². The van der Waals surface area contributed by atoms with Gasteiger partial charge in [-0.25, -0.2) is 4.39 Å². The zero-order chi connectivity index (χ0) is 24.5. The molecule has 0 saturated carbocycles. The van der Waals surface area contributed by atoms with Crippen LogP contribution in [0.3, 0.4) is 0 Å². The fraction of sp³-hybridized carbons (Fsp3) is 0.241. The molecule has 0 aromatic heterocycles. The van der Waals surface area contributed by atoms with Gasteiger partial charge in [-0.15, -0.1) is 0 Å². The maximum absolute atomic E-state index is 15.0. The molecule has 1 atom stereocenters. The maximum Gasteiger partial charge on any atom is 0.300 e. The minimum absolute atomic E-state index is 0.118. The fourth-order valence-electron chi connectivity index (χ4n) is 4.94. The normalized spacial score (nSPS) is 19.5. The molecule has 0 aliphatic carbocycles. The van der Waals surface area contributed by atoms with Gasteiger partial charge in [0.25, 0.3) is 11.7 Å². The van der Waals surface area contributed by atoms with E-state index < -0.39 is 23.5 Å². The Morgan fingerprint density at radius 2 is 1.54 bits per heavy atom. The third kappa shape index (κ3) is 4.09. The lowest BCUT2D eigenvalue weighted by molar-refractivity contribution is -0.132. The summed E-state index contributed by atoms with van der Waals surface area (Å²) in [4.78, 5) is 30.1. The van der Waals surface area contributed by atoms with E-state index in [-0.39, 0.29) is 16.9 Å². The van der Waals surface area contributed by atoms with Crippen LogP contribution in [0.25, 0.3) is 5.76 Å². The number of aryl methyl sites for hydroxylation is 1. The van der Waals surface area contributed by atoms with Gasteiger partial charge in [-0.1, -0.05) is 49.4 Å². The van der Waals surface area contributed by atoms with E-state index in [9.17, 15) is 14.7 Å². The first kappa shape index (κ1) is 22.8. The number of aliphatic hydroxyl groups is 1. The first-order chi connectivity index (χ1) is 17.0. The van der Waals surface area contributed by atoms with Crippen LogP contribution < -0.4 is 9.80 Å². The lowest BCUT2D eigenvalue weighted by atomic mass is 9.94. The van der Waals surface area contributed by atoms with E-state index in [1.807, 2.05) is 31.2 Å². The third-order valence-electron chi connectivity index (χ3n) is 6.88. The number of carbonyl (C=O) groups excluding carboxylic acids is 2. The molecule has 178 valence electrons. The Morgan fingerprint density at radius 3 is 2.17 bits per heavy atom. The number of benzene rings is 3. The zero-order valence-corrected chi connectivity index (χ0v) is 19.6. The highest BCUT2D eigenvalue weighted by Gasteiger charge is 2.47. The van der Waals surface area contributed by atoms with Crippen LogP contribution in [-0.2, 0) is 16.0 Å². The predicted molar refractivity (Wildman–Crippen MR) is 135 cm³/mol. The van der Waals surface area contributed by atoms with Gasteiger partial charge < -0.3 is 10.0 Å². The van der Waals surface area contributed by atoms with Crippen molar-refractivity contribution in [2.24, 2.45) is 0 Å². The molecular formula is C29H27FN2O3. The van der Waals surface area contributed by atoms with Gasteiger partial charge in [0.1, 0.15) is 11.6 Å². The van der Waals surface area contributed by atoms with Crippen molar-refractivity contribution in [1.29, 1.82) is 0 Å². The summed E-state index contributed by atoms with van der Waals surface area (Å²) in [6, 6.07) is 19.5. The molecular weight excluding hydrogens is 443 g/mol. The van der Waals surface area contributed by atoms with E-state index in [0.717, 1.165) is 43.6 Å². The van der Waals surface area contributed by atoms with Crippen LogP contribution in [0.1, 0.15) is 42.5 Å². The number of carbonyl (C=O) groups is 2. The van der Waals surface area contributed by atoms with E-state index >= 15 is 4.39 Å². The molecule has 3 aromatic carbocycles. The van der Waals surface area contributed by atoms with Gasteiger partial charge in [-0.05, 0) is 55.2 Å². The minimum atomic E-state index is -1.08. The number of hydrogen-bond acceptors (Lipinski definition) is 4. The lowest BCUT2D eigenvalue weighted by Gasteiger charge is -2.26. The molecule has 1 N–H and O–H groups in total. The van der Waals surface area contributed by atoms with Crippen molar-refractivity contribution < 1.29 is 19.1 Å². The Hall–Kier alpha value is -3.93. The summed E-state index contributed by atoms with van der Waals surface area (Å²) in [5.41, 5.74) is 3.04. The molecule has 2 saturated heterocycles. The van der Waals surface area contributed by atoms with E-state index in [4.69, 9.17) is 0 Å². The second-order valence-corrected chi connectivity index (χ2v) is 8.95. The average molecular weight is 471 g/mol. The van der Waals surface area contributed by atoms with Crippen molar-refractivity contribution in [2.75, 3.05) is 22.9 Å². The number of nitrogens with zero attached hydrogens (tertiary/aromatic N) is 2. The van der Waals surface area contributed by atoms with Crippen LogP contribution in [0, 0.1) is 5.82 Å². The Balaban J connectivity index is 1.63. The van der Waals surface area contributed by atoms with Crippen molar-refractivity contribution in [1.82, 2.24) is 0 Å². The fourth-order valence-corrected chi connectivity index (χ4v) is 4.94. The summed E-state index contributed by atoms with van der Waals surface area (Å²) in [5, 5.41) is 11.2. The molecule has 3 aromatic rings. The third-order valence-corrected chi connectivity index (χ3v) is 6.88. The van der Waals surface area contributed by atoms with Gasteiger partial charge >= 0.3 is 0 Å². The van der Waals surface area contributed by atoms with Gasteiger partial charge in [-0.3, -0.25) is 14.5 Å². The first-order valence-electron chi connectivity index (χ1n) is 12.0. The topological polar surface area (TPSA) is 60.9 Å². The quantitative estimate of drug-likeness (QED) is 0.299. The Labute approximate surface area is 204 Å². The second-order valence-electron chi connectivity index (χ2n) is 8.95. The van der Waals surface area contributed by atoms with Gasteiger partial charge in [0.15, 0.2) is 0 Å². The van der Waals surface area contributed by atoms with Crippen molar-refractivity contribution in [2.45, 2.75) is 32.2 Å². The van der Waals surface area contributed by atoms with Crippen LogP contribution in [0.5, 0.6) is 0 Å². The molecule has 2 fully saturated rings. The predicted octanol–water partition coefficient (Wildman–Crippen LogP) is 5.61. The highest BCUT2D eigenvalue weighted by atomic mass is 19.1. The van der Waals surface area contributed by atoms with Crippen molar-refractivity contribution in [3.05, 3.63) is 101 Å². The number of anilines is 2. The first-order valence-corrected chi connectivity index (χ1v) is 12.0. The molecule has 6 heteroatoms. The smallest absolute Gasteiger partial charge is 0.300 e. The molecule has 2 heterocycles. The summed E-state index contributed by atoms with van der Waals surface area (Å²) >= 11 is 0. The number of aliphatic hydroxyl groups excluding tert-OH is 1. The summed E-state index contributed by atoms with van der Waals surface area (Å²) in [7, 11) is 0. The Morgan fingerprint density at radius 1 is 0.914 bits per heavy atom. The molecule has 1 unspecified atom stereocenters.